The van der Waals surface area contributed by atoms with E-state index in [1.54, 1.807) is 19.1 Å². The Bertz CT molecular complexity index is 927. The predicted molar refractivity (Wildman–Crippen MR) is 109 cm³/mol. The van der Waals surface area contributed by atoms with Crippen molar-refractivity contribution in [3.63, 3.8) is 0 Å². The number of hydrogen-bond acceptors (Lipinski definition) is 5. The number of amides is 1. The van der Waals surface area contributed by atoms with Gasteiger partial charge in [0, 0.05) is 24.5 Å². The summed E-state index contributed by atoms with van der Waals surface area (Å²) in [5.41, 5.74) is 1.61. The second kappa shape index (κ2) is 9.34. The van der Waals surface area contributed by atoms with Crippen molar-refractivity contribution in [3.8, 4) is 0 Å². The maximum atomic E-state index is 13.0. The molecule has 1 saturated heterocycles. The molecule has 1 aliphatic rings. The molecule has 2 aromatic carbocycles. The number of halogens is 1. The predicted octanol–water partition coefficient (Wildman–Crippen LogP) is 2.36. The Kier molecular flexibility index (Phi) is 6.83. The number of sulfonamides is 1. The van der Waals surface area contributed by atoms with Crippen molar-refractivity contribution in [1.29, 1.82) is 0 Å². The summed E-state index contributed by atoms with van der Waals surface area (Å²) in [5, 5.41) is 2.74. The summed E-state index contributed by atoms with van der Waals surface area (Å²) in [7, 11) is -3.94. The van der Waals surface area contributed by atoms with Gasteiger partial charge in [-0.05, 0) is 55.0 Å². The third-order valence-corrected chi connectivity index (χ3v) is 6.14. The lowest BCUT2D eigenvalue weighted by molar-refractivity contribution is -0.117. The third kappa shape index (κ3) is 5.53. The van der Waals surface area contributed by atoms with Crippen molar-refractivity contribution in [2.75, 3.05) is 36.5 Å². The highest BCUT2D eigenvalue weighted by Crippen LogP contribution is 2.19. The number of benzene rings is 2. The van der Waals surface area contributed by atoms with Crippen LogP contribution >= 0.6 is 0 Å². The zero-order valence-corrected chi connectivity index (χ0v) is 16.9. The van der Waals surface area contributed by atoms with Crippen LogP contribution in [-0.4, -0.2) is 46.7 Å². The highest BCUT2D eigenvalue weighted by Gasteiger charge is 2.24. The first kappa shape index (κ1) is 21.2. The van der Waals surface area contributed by atoms with Crippen molar-refractivity contribution >= 4 is 27.3 Å². The highest BCUT2D eigenvalue weighted by atomic mass is 32.2. The minimum Gasteiger partial charge on any atom is -0.378 e. The van der Waals surface area contributed by atoms with Gasteiger partial charge in [-0.2, -0.15) is 4.72 Å². The summed E-state index contributed by atoms with van der Waals surface area (Å²) in [6.45, 7) is 4.71. The summed E-state index contributed by atoms with van der Waals surface area (Å²) in [4.78, 5) is 14.7. The van der Waals surface area contributed by atoms with Gasteiger partial charge in [0.05, 0.1) is 18.1 Å². The maximum absolute atomic E-state index is 13.0. The van der Waals surface area contributed by atoms with E-state index in [0.717, 1.165) is 43.0 Å². The molecule has 2 aromatic rings. The maximum Gasteiger partial charge on any atom is 0.242 e. The lowest BCUT2D eigenvalue weighted by atomic mass is 10.2. The Labute approximate surface area is 169 Å². The van der Waals surface area contributed by atoms with Crippen molar-refractivity contribution in [3.05, 3.63) is 54.3 Å². The molecule has 2 N–H and O–H groups in total. The summed E-state index contributed by atoms with van der Waals surface area (Å²) in [6.07, 6.45) is 0.262. The van der Waals surface area contributed by atoms with Gasteiger partial charge in [0.15, 0.2) is 0 Å². The summed E-state index contributed by atoms with van der Waals surface area (Å²) >= 11 is 0. The molecule has 9 heteroatoms. The minimum absolute atomic E-state index is 0.0972. The molecular formula is C20H24FN3O4S. The van der Waals surface area contributed by atoms with Crippen LogP contribution in [0.4, 0.5) is 15.8 Å². The number of carbonyl (C=O) groups is 1. The Morgan fingerprint density at radius 1 is 1.10 bits per heavy atom. The van der Waals surface area contributed by atoms with Crippen LogP contribution in [0.2, 0.25) is 0 Å². The van der Waals surface area contributed by atoms with E-state index in [-0.39, 0.29) is 11.3 Å². The van der Waals surface area contributed by atoms with Gasteiger partial charge in [-0.25, -0.2) is 12.8 Å². The van der Waals surface area contributed by atoms with E-state index in [2.05, 4.69) is 14.9 Å². The number of nitrogens with one attached hydrogen (secondary N) is 2. The average molecular weight is 421 g/mol. The van der Waals surface area contributed by atoms with Gasteiger partial charge in [-0.3, -0.25) is 4.79 Å². The molecule has 7 nitrogen and oxygen atoms in total. The van der Waals surface area contributed by atoms with E-state index >= 15 is 0 Å². The number of nitrogens with zero attached hydrogens (tertiary/aromatic N) is 1. The number of carbonyl (C=O) groups excluding carboxylic acids is 1. The van der Waals surface area contributed by atoms with E-state index in [9.17, 15) is 17.6 Å². The van der Waals surface area contributed by atoms with Crippen LogP contribution < -0.4 is 14.9 Å². The highest BCUT2D eigenvalue weighted by molar-refractivity contribution is 7.89. The summed E-state index contributed by atoms with van der Waals surface area (Å²) in [6, 6.07) is 10.9. The molecule has 0 saturated carbocycles. The summed E-state index contributed by atoms with van der Waals surface area (Å²) < 4.78 is 45.7. The van der Waals surface area contributed by atoms with Crippen molar-refractivity contribution in [2.24, 2.45) is 0 Å². The minimum atomic E-state index is -3.94. The molecule has 1 unspecified atom stereocenters. The zero-order chi connectivity index (χ0) is 20.9. The zero-order valence-electron chi connectivity index (χ0n) is 16.1. The molecular weight excluding hydrogens is 397 g/mol. The van der Waals surface area contributed by atoms with Crippen LogP contribution in [-0.2, 0) is 19.6 Å². The van der Waals surface area contributed by atoms with Crippen LogP contribution in [0, 0.1) is 5.82 Å². The first-order chi connectivity index (χ1) is 13.9. The van der Waals surface area contributed by atoms with Crippen LogP contribution in [0.5, 0.6) is 0 Å². The van der Waals surface area contributed by atoms with E-state index in [0.29, 0.717) is 18.9 Å². The van der Waals surface area contributed by atoms with E-state index in [1.165, 1.54) is 0 Å². The SMILES string of the molecule is CCC(NS(=O)(=O)c1ccc(F)cc1)C(=O)Nc1ccc(N2CCOCC2)cc1. The Balaban J connectivity index is 1.64. The number of morpholine rings is 1. The lowest BCUT2D eigenvalue weighted by Gasteiger charge is -2.29. The van der Waals surface area contributed by atoms with Gasteiger partial charge in [0.2, 0.25) is 15.9 Å². The smallest absolute Gasteiger partial charge is 0.242 e. The normalized spacial score (nSPS) is 15.7. The topological polar surface area (TPSA) is 87.7 Å². The second-order valence-electron chi connectivity index (χ2n) is 6.67. The molecule has 0 radical (unpaired) electrons. The number of anilines is 2. The number of rotatable bonds is 7. The van der Waals surface area contributed by atoms with Crippen molar-refractivity contribution < 1.29 is 22.3 Å². The molecule has 1 aliphatic heterocycles. The largest absolute Gasteiger partial charge is 0.378 e. The molecule has 1 fully saturated rings. The number of ether oxygens (including phenoxy) is 1. The fraction of sp³-hybridized carbons (Fsp3) is 0.350. The van der Waals surface area contributed by atoms with Gasteiger partial charge in [0.1, 0.15) is 11.9 Å². The second-order valence-corrected chi connectivity index (χ2v) is 8.39. The number of hydrogen-bond donors (Lipinski definition) is 2. The Morgan fingerprint density at radius 2 is 1.72 bits per heavy atom. The van der Waals surface area contributed by atoms with Gasteiger partial charge in [-0.15, -0.1) is 0 Å². The Morgan fingerprint density at radius 3 is 2.31 bits per heavy atom. The van der Waals surface area contributed by atoms with E-state index in [1.807, 2.05) is 12.1 Å². The van der Waals surface area contributed by atoms with Gasteiger partial charge >= 0.3 is 0 Å². The first-order valence-electron chi connectivity index (χ1n) is 9.40. The van der Waals surface area contributed by atoms with Gasteiger partial charge in [-0.1, -0.05) is 6.92 Å². The molecule has 1 amide bonds. The quantitative estimate of drug-likeness (QED) is 0.717. The lowest BCUT2D eigenvalue weighted by Crippen LogP contribution is -2.43. The molecule has 0 bridgehead atoms. The Hall–Kier alpha value is -2.49. The molecule has 156 valence electrons. The van der Waals surface area contributed by atoms with E-state index < -0.39 is 27.8 Å². The molecule has 1 atom stereocenters. The fourth-order valence-electron chi connectivity index (χ4n) is 3.00. The molecule has 29 heavy (non-hydrogen) atoms. The summed E-state index contributed by atoms with van der Waals surface area (Å²) in [5.74, 6) is -0.994. The molecule has 1 heterocycles. The van der Waals surface area contributed by atoms with Crippen LogP contribution in [0.15, 0.2) is 53.4 Å². The van der Waals surface area contributed by atoms with Crippen LogP contribution in [0.25, 0.3) is 0 Å². The van der Waals surface area contributed by atoms with Crippen LogP contribution in [0.1, 0.15) is 13.3 Å². The average Bonchev–Trinajstić information content (AvgIpc) is 2.73. The molecule has 0 aliphatic carbocycles. The standard InChI is InChI=1S/C20H24FN3O4S/c1-2-19(23-29(26,27)18-9-3-15(21)4-10-18)20(25)22-16-5-7-17(8-6-16)24-11-13-28-14-12-24/h3-10,19,23H,2,11-14H2,1H3,(H,22,25). The third-order valence-electron chi connectivity index (χ3n) is 4.66. The first-order valence-corrected chi connectivity index (χ1v) is 10.9. The molecule has 3 rings (SSSR count). The molecule has 0 spiro atoms. The van der Waals surface area contributed by atoms with Gasteiger partial charge in [0.25, 0.3) is 0 Å². The van der Waals surface area contributed by atoms with E-state index in [4.69, 9.17) is 4.74 Å². The van der Waals surface area contributed by atoms with Crippen molar-refractivity contribution in [1.82, 2.24) is 4.72 Å². The van der Waals surface area contributed by atoms with Crippen molar-refractivity contribution in [2.45, 2.75) is 24.3 Å². The van der Waals surface area contributed by atoms with Gasteiger partial charge < -0.3 is 15.0 Å². The molecule has 0 aromatic heterocycles. The monoisotopic (exact) mass is 421 g/mol. The van der Waals surface area contributed by atoms with Crippen LogP contribution in [0.3, 0.4) is 0 Å². The fourth-order valence-corrected chi connectivity index (χ4v) is 4.28.